The van der Waals surface area contributed by atoms with Gasteiger partial charge in [0, 0.05) is 23.7 Å². The highest BCUT2D eigenvalue weighted by Crippen LogP contribution is 2.27. The van der Waals surface area contributed by atoms with Crippen molar-refractivity contribution in [1.29, 1.82) is 0 Å². The van der Waals surface area contributed by atoms with E-state index in [9.17, 15) is 14.9 Å². The maximum Gasteiger partial charge on any atom is 0.289 e. The molecule has 0 saturated carbocycles. The molecule has 3 rings (SSSR count). The van der Waals surface area contributed by atoms with E-state index in [1.807, 2.05) is 30.3 Å². The van der Waals surface area contributed by atoms with E-state index in [4.69, 9.17) is 16.3 Å². The van der Waals surface area contributed by atoms with E-state index in [0.29, 0.717) is 17.9 Å². The number of nitro benzene ring substituents is 1. The second-order valence-electron chi connectivity index (χ2n) is 5.99. The van der Waals surface area contributed by atoms with Crippen LogP contribution in [0.2, 0.25) is 5.02 Å². The Kier molecular flexibility index (Phi) is 6.24. The number of benzene rings is 3. The summed E-state index contributed by atoms with van der Waals surface area (Å²) in [4.78, 5) is 22.8. The molecule has 7 heteroatoms. The Labute approximate surface area is 166 Å². The Bertz CT molecular complexity index is 993. The molecule has 3 aromatic carbocycles. The Morgan fingerprint density at radius 1 is 1.04 bits per heavy atom. The third-order valence-corrected chi connectivity index (χ3v) is 4.32. The van der Waals surface area contributed by atoms with Crippen LogP contribution in [0.15, 0.2) is 72.8 Å². The molecule has 0 aromatic heterocycles. The monoisotopic (exact) mass is 396 g/mol. The molecule has 0 saturated heterocycles. The average Bonchev–Trinajstić information content (AvgIpc) is 2.70. The molecule has 0 fully saturated rings. The van der Waals surface area contributed by atoms with Crippen LogP contribution in [0.25, 0.3) is 0 Å². The zero-order valence-electron chi connectivity index (χ0n) is 14.8. The first-order valence-electron chi connectivity index (χ1n) is 8.55. The quantitative estimate of drug-likeness (QED) is 0.443. The normalized spacial score (nSPS) is 10.3. The first-order chi connectivity index (χ1) is 13.5. The fraction of sp³-hybridized carbons (Fsp3) is 0.0952. The fourth-order valence-electron chi connectivity index (χ4n) is 2.59. The molecule has 0 unspecified atom stereocenters. The van der Waals surface area contributed by atoms with Crippen LogP contribution < -0.4 is 10.1 Å². The van der Waals surface area contributed by atoms with Crippen LogP contribution >= 0.6 is 11.6 Å². The van der Waals surface area contributed by atoms with Crippen LogP contribution in [0.3, 0.4) is 0 Å². The molecule has 0 bridgehead atoms. The van der Waals surface area contributed by atoms with Crippen molar-refractivity contribution in [3.8, 4) is 5.75 Å². The fourth-order valence-corrected chi connectivity index (χ4v) is 2.78. The van der Waals surface area contributed by atoms with Gasteiger partial charge in [0.15, 0.2) is 0 Å². The largest absolute Gasteiger partial charge is 0.493 e. The topological polar surface area (TPSA) is 81.5 Å². The highest BCUT2D eigenvalue weighted by atomic mass is 35.5. The van der Waals surface area contributed by atoms with Gasteiger partial charge in [-0.3, -0.25) is 14.9 Å². The van der Waals surface area contributed by atoms with E-state index in [2.05, 4.69) is 5.32 Å². The second-order valence-corrected chi connectivity index (χ2v) is 6.40. The van der Waals surface area contributed by atoms with Crippen LogP contribution in [0.5, 0.6) is 5.75 Å². The maximum absolute atomic E-state index is 12.5. The van der Waals surface area contributed by atoms with E-state index in [-0.39, 0.29) is 16.4 Å². The summed E-state index contributed by atoms with van der Waals surface area (Å²) in [5.41, 5.74) is 1.57. The Morgan fingerprint density at radius 3 is 2.57 bits per heavy atom. The highest BCUT2D eigenvalue weighted by Gasteiger charge is 2.14. The standard InChI is InChI=1S/C21H17ClN2O4/c22-19-10-9-17(14-20(19)24(26)27)23-21(25)16-7-4-8-18(13-16)28-12-11-15-5-2-1-3-6-15/h1-10,13-14H,11-12H2,(H,23,25). The van der Waals surface area contributed by atoms with Gasteiger partial charge < -0.3 is 10.1 Å². The van der Waals surface area contributed by atoms with E-state index in [1.165, 1.54) is 23.8 Å². The number of carbonyl (C=O) groups is 1. The zero-order chi connectivity index (χ0) is 19.9. The Balaban J connectivity index is 1.64. The molecule has 0 radical (unpaired) electrons. The minimum absolute atomic E-state index is 0.0109. The summed E-state index contributed by atoms with van der Waals surface area (Å²) >= 11 is 5.79. The number of ether oxygens (including phenoxy) is 1. The lowest BCUT2D eigenvalue weighted by molar-refractivity contribution is -0.384. The summed E-state index contributed by atoms with van der Waals surface area (Å²) in [6.07, 6.45) is 0.756. The van der Waals surface area contributed by atoms with E-state index < -0.39 is 10.8 Å². The van der Waals surface area contributed by atoms with Gasteiger partial charge in [0.1, 0.15) is 10.8 Å². The van der Waals surface area contributed by atoms with Gasteiger partial charge in [0.2, 0.25) is 0 Å². The predicted molar refractivity (Wildman–Crippen MR) is 108 cm³/mol. The molecular weight excluding hydrogens is 380 g/mol. The molecule has 0 spiro atoms. The molecule has 142 valence electrons. The molecular formula is C21H17ClN2O4. The number of anilines is 1. The van der Waals surface area contributed by atoms with Crippen molar-refractivity contribution in [3.63, 3.8) is 0 Å². The van der Waals surface area contributed by atoms with Gasteiger partial charge in [-0.15, -0.1) is 0 Å². The van der Waals surface area contributed by atoms with E-state index >= 15 is 0 Å². The van der Waals surface area contributed by atoms with Gasteiger partial charge in [-0.1, -0.05) is 48.0 Å². The lowest BCUT2D eigenvalue weighted by atomic mass is 10.1. The first-order valence-corrected chi connectivity index (χ1v) is 8.93. The third-order valence-electron chi connectivity index (χ3n) is 4.00. The van der Waals surface area contributed by atoms with Gasteiger partial charge in [-0.25, -0.2) is 0 Å². The van der Waals surface area contributed by atoms with Crippen LogP contribution in [-0.2, 0) is 6.42 Å². The van der Waals surface area contributed by atoms with Crippen molar-refractivity contribution in [2.45, 2.75) is 6.42 Å². The lowest BCUT2D eigenvalue weighted by Crippen LogP contribution is -2.12. The Morgan fingerprint density at radius 2 is 1.82 bits per heavy atom. The molecule has 3 aromatic rings. The van der Waals surface area contributed by atoms with Gasteiger partial charge in [-0.2, -0.15) is 0 Å². The summed E-state index contributed by atoms with van der Waals surface area (Å²) in [7, 11) is 0. The van der Waals surface area contributed by atoms with Crippen molar-refractivity contribution in [3.05, 3.63) is 99.1 Å². The average molecular weight is 397 g/mol. The van der Waals surface area contributed by atoms with Gasteiger partial charge in [0.05, 0.1) is 11.5 Å². The molecule has 1 amide bonds. The second kappa shape index (κ2) is 9.01. The van der Waals surface area contributed by atoms with Crippen molar-refractivity contribution in [2.75, 3.05) is 11.9 Å². The van der Waals surface area contributed by atoms with E-state index in [0.717, 1.165) is 6.42 Å². The van der Waals surface area contributed by atoms with Crippen LogP contribution in [0.1, 0.15) is 15.9 Å². The van der Waals surface area contributed by atoms with Gasteiger partial charge >= 0.3 is 0 Å². The first kappa shape index (κ1) is 19.4. The molecule has 1 N–H and O–H groups in total. The minimum atomic E-state index is -0.598. The summed E-state index contributed by atoms with van der Waals surface area (Å²) < 4.78 is 5.73. The van der Waals surface area contributed by atoms with Gasteiger partial charge in [0.25, 0.3) is 11.6 Å². The smallest absolute Gasteiger partial charge is 0.289 e. The van der Waals surface area contributed by atoms with Crippen LogP contribution in [0, 0.1) is 10.1 Å². The zero-order valence-corrected chi connectivity index (χ0v) is 15.6. The molecule has 0 aliphatic rings. The number of carbonyl (C=O) groups excluding carboxylic acids is 1. The minimum Gasteiger partial charge on any atom is -0.493 e. The molecule has 0 heterocycles. The molecule has 0 aliphatic heterocycles. The Hall–Kier alpha value is -3.38. The van der Waals surface area contributed by atoms with Crippen molar-refractivity contribution in [2.24, 2.45) is 0 Å². The van der Waals surface area contributed by atoms with Crippen LogP contribution in [-0.4, -0.2) is 17.4 Å². The van der Waals surface area contributed by atoms with Crippen molar-refractivity contribution in [1.82, 2.24) is 0 Å². The number of amides is 1. The number of nitro groups is 1. The number of hydrogen-bond donors (Lipinski definition) is 1. The van der Waals surface area contributed by atoms with Crippen molar-refractivity contribution < 1.29 is 14.5 Å². The summed E-state index contributed by atoms with van der Waals surface area (Å²) in [5, 5.41) is 13.6. The third kappa shape index (κ3) is 5.08. The summed E-state index contributed by atoms with van der Waals surface area (Å²) in [6, 6.07) is 20.8. The number of hydrogen-bond acceptors (Lipinski definition) is 4. The van der Waals surface area contributed by atoms with Crippen molar-refractivity contribution >= 4 is 28.9 Å². The number of rotatable bonds is 7. The number of halogens is 1. The molecule has 6 nitrogen and oxygen atoms in total. The highest BCUT2D eigenvalue weighted by molar-refractivity contribution is 6.32. The van der Waals surface area contributed by atoms with Gasteiger partial charge in [-0.05, 0) is 35.9 Å². The van der Waals surface area contributed by atoms with E-state index in [1.54, 1.807) is 24.3 Å². The number of nitrogens with zero attached hydrogens (tertiary/aromatic N) is 1. The maximum atomic E-state index is 12.5. The SMILES string of the molecule is O=C(Nc1ccc(Cl)c([N+](=O)[O-])c1)c1cccc(OCCc2ccccc2)c1. The molecule has 28 heavy (non-hydrogen) atoms. The molecule has 0 atom stereocenters. The van der Waals surface area contributed by atoms with Crippen LogP contribution in [0.4, 0.5) is 11.4 Å². The summed E-state index contributed by atoms with van der Waals surface area (Å²) in [6.45, 7) is 0.485. The predicted octanol–water partition coefficient (Wildman–Crippen LogP) is 5.12. The number of nitrogens with one attached hydrogen (secondary N) is 1. The lowest BCUT2D eigenvalue weighted by Gasteiger charge is -2.09. The molecule has 0 aliphatic carbocycles. The summed E-state index contributed by atoms with van der Waals surface area (Å²) in [5.74, 6) is 0.177.